The number of hydroxylamine groups is 1. The van der Waals surface area contributed by atoms with E-state index in [0.29, 0.717) is 5.69 Å². The van der Waals surface area contributed by atoms with Crippen LogP contribution in [0.3, 0.4) is 0 Å². The third-order valence-electron chi connectivity index (χ3n) is 2.20. The lowest BCUT2D eigenvalue weighted by atomic mass is 10.2. The van der Waals surface area contributed by atoms with Gasteiger partial charge in [0.1, 0.15) is 11.6 Å². The largest absolute Gasteiger partial charge is 0.290 e. The smallest absolute Gasteiger partial charge is 0.160 e. The molecular formula is C12H9F2N3O. The molecule has 0 radical (unpaired) electrons. The van der Waals surface area contributed by atoms with Crippen molar-refractivity contribution in [3.8, 4) is 0 Å². The first-order valence-electron chi connectivity index (χ1n) is 5.05. The number of halogens is 2. The Morgan fingerprint density at radius 2 is 1.89 bits per heavy atom. The van der Waals surface area contributed by atoms with Gasteiger partial charge in [-0.25, -0.2) is 13.8 Å². The topological polar surface area (TPSA) is 57.5 Å². The second-order valence-corrected chi connectivity index (χ2v) is 3.40. The fourth-order valence-corrected chi connectivity index (χ4v) is 1.37. The molecule has 0 atom stereocenters. The van der Waals surface area contributed by atoms with E-state index in [-0.39, 0.29) is 11.4 Å². The van der Waals surface area contributed by atoms with E-state index < -0.39 is 11.6 Å². The number of aliphatic imine (C=N–C) groups is 1. The summed E-state index contributed by atoms with van der Waals surface area (Å²) >= 11 is 0. The van der Waals surface area contributed by atoms with Crippen LogP contribution in [0.2, 0.25) is 0 Å². The summed E-state index contributed by atoms with van der Waals surface area (Å²) in [7, 11) is 0. The summed E-state index contributed by atoms with van der Waals surface area (Å²) < 4.78 is 26.3. The molecule has 0 spiro atoms. The third-order valence-corrected chi connectivity index (χ3v) is 2.20. The maximum absolute atomic E-state index is 13.5. The van der Waals surface area contributed by atoms with E-state index in [0.717, 1.165) is 12.1 Å². The second kappa shape index (κ2) is 5.33. The average molecular weight is 249 g/mol. The highest BCUT2D eigenvalue weighted by Gasteiger charge is 2.10. The summed E-state index contributed by atoms with van der Waals surface area (Å²) in [4.78, 5) is 7.80. The molecule has 0 fully saturated rings. The fourth-order valence-electron chi connectivity index (χ4n) is 1.37. The zero-order valence-corrected chi connectivity index (χ0v) is 9.14. The van der Waals surface area contributed by atoms with Gasteiger partial charge in [-0.15, -0.1) is 0 Å². The van der Waals surface area contributed by atoms with Crippen molar-refractivity contribution >= 4 is 11.5 Å². The van der Waals surface area contributed by atoms with Crippen LogP contribution >= 0.6 is 0 Å². The Morgan fingerprint density at radius 3 is 2.50 bits per heavy atom. The molecular weight excluding hydrogens is 240 g/mol. The summed E-state index contributed by atoms with van der Waals surface area (Å²) in [5.74, 6) is -1.62. The molecule has 6 heteroatoms. The number of amidine groups is 1. The number of hydrogen-bond donors (Lipinski definition) is 2. The molecule has 92 valence electrons. The predicted molar refractivity (Wildman–Crippen MR) is 61.7 cm³/mol. The van der Waals surface area contributed by atoms with E-state index in [9.17, 15) is 8.78 Å². The van der Waals surface area contributed by atoms with E-state index in [1.807, 2.05) is 0 Å². The van der Waals surface area contributed by atoms with E-state index in [4.69, 9.17) is 5.21 Å². The molecule has 18 heavy (non-hydrogen) atoms. The number of rotatable bonds is 2. The summed E-state index contributed by atoms with van der Waals surface area (Å²) in [6, 6.07) is 6.15. The van der Waals surface area contributed by atoms with Gasteiger partial charge >= 0.3 is 0 Å². The molecule has 4 nitrogen and oxygen atoms in total. The molecule has 2 aromatic rings. The van der Waals surface area contributed by atoms with Crippen LogP contribution in [0.25, 0.3) is 0 Å². The molecule has 0 bridgehead atoms. The van der Waals surface area contributed by atoms with Gasteiger partial charge in [-0.2, -0.15) is 0 Å². The van der Waals surface area contributed by atoms with Gasteiger partial charge in [-0.3, -0.25) is 15.7 Å². The van der Waals surface area contributed by atoms with Crippen LogP contribution in [0.4, 0.5) is 14.5 Å². The van der Waals surface area contributed by atoms with Crippen molar-refractivity contribution in [1.29, 1.82) is 0 Å². The standard InChI is InChI=1S/C12H9F2N3O/c13-8-1-2-10(11(14)7-8)12(17-18)16-9-3-5-15-6-4-9/h1-7,18H,(H,15,16,17). The fraction of sp³-hybridized carbons (Fsp3) is 0. The third kappa shape index (κ3) is 2.67. The van der Waals surface area contributed by atoms with Gasteiger partial charge in [0.05, 0.1) is 11.3 Å². The number of benzene rings is 1. The minimum absolute atomic E-state index is 0.0317. The second-order valence-electron chi connectivity index (χ2n) is 3.40. The van der Waals surface area contributed by atoms with Gasteiger partial charge in [0.2, 0.25) is 0 Å². The van der Waals surface area contributed by atoms with Crippen LogP contribution in [-0.4, -0.2) is 16.0 Å². The summed E-state index contributed by atoms with van der Waals surface area (Å²) in [6.45, 7) is 0. The van der Waals surface area contributed by atoms with E-state index in [1.54, 1.807) is 17.6 Å². The maximum atomic E-state index is 13.5. The van der Waals surface area contributed by atoms with E-state index in [2.05, 4.69) is 9.98 Å². The molecule has 1 aromatic carbocycles. The normalized spacial score (nSPS) is 11.4. The van der Waals surface area contributed by atoms with Crippen molar-refractivity contribution in [2.24, 2.45) is 4.99 Å². The minimum Gasteiger partial charge on any atom is -0.290 e. The summed E-state index contributed by atoms with van der Waals surface area (Å²) in [5.41, 5.74) is 2.24. The van der Waals surface area contributed by atoms with Crippen molar-refractivity contribution in [3.05, 3.63) is 59.9 Å². The highest BCUT2D eigenvalue weighted by Crippen LogP contribution is 2.14. The Labute approximate surface area is 102 Å². The van der Waals surface area contributed by atoms with Gasteiger partial charge in [-0.05, 0) is 24.3 Å². The van der Waals surface area contributed by atoms with Gasteiger partial charge in [0, 0.05) is 18.5 Å². The van der Waals surface area contributed by atoms with Crippen LogP contribution in [-0.2, 0) is 0 Å². The lowest BCUT2D eigenvalue weighted by molar-refractivity contribution is 0.234. The number of pyridine rings is 1. The first-order chi connectivity index (χ1) is 8.70. The van der Waals surface area contributed by atoms with Crippen LogP contribution in [0.5, 0.6) is 0 Å². The molecule has 1 heterocycles. The van der Waals surface area contributed by atoms with Crippen molar-refractivity contribution in [3.63, 3.8) is 0 Å². The van der Waals surface area contributed by atoms with Crippen LogP contribution in [0.1, 0.15) is 5.56 Å². The zero-order chi connectivity index (χ0) is 13.0. The molecule has 0 aliphatic carbocycles. The van der Waals surface area contributed by atoms with Crippen LogP contribution in [0, 0.1) is 11.6 Å². The number of nitrogens with one attached hydrogen (secondary N) is 1. The SMILES string of the molecule is ONC(=Nc1ccncc1)c1ccc(F)cc1F. The molecule has 0 unspecified atom stereocenters. The predicted octanol–water partition coefficient (Wildman–Crippen LogP) is 2.42. The first-order valence-corrected chi connectivity index (χ1v) is 5.05. The van der Waals surface area contributed by atoms with Crippen LogP contribution in [0.15, 0.2) is 47.7 Å². The Bertz CT molecular complexity index is 573. The highest BCUT2D eigenvalue weighted by atomic mass is 19.1. The Balaban J connectivity index is 2.42. The number of aromatic nitrogens is 1. The molecule has 0 aliphatic heterocycles. The quantitative estimate of drug-likeness (QED) is 0.488. The monoisotopic (exact) mass is 249 g/mol. The number of hydrogen-bond acceptors (Lipinski definition) is 3. The maximum Gasteiger partial charge on any atom is 0.160 e. The molecule has 1 aromatic heterocycles. The van der Waals surface area contributed by atoms with Crippen molar-refractivity contribution in [2.45, 2.75) is 0 Å². The highest BCUT2D eigenvalue weighted by molar-refractivity contribution is 5.99. The van der Waals surface area contributed by atoms with Gasteiger partial charge < -0.3 is 0 Å². The molecule has 0 amide bonds. The summed E-state index contributed by atoms with van der Waals surface area (Å²) in [6.07, 6.45) is 3.02. The van der Waals surface area contributed by atoms with E-state index >= 15 is 0 Å². The lowest BCUT2D eigenvalue weighted by Gasteiger charge is -2.06. The molecule has 0 aliphatic rings. The summed E-state index contributed by atoms with van der Waals surface area (Å²) in [5, 5.41) is 8.98. The lowest BCUT2D eigenvalue weighted by Crippen LogP contribution is -2.21. The van der Waals surface area contributed by atoms with Crippen molar-refractivity contribution in [2.75, 3.05) is 0 Å². The van der Waals surface area contributed by atoms with Crippen molar-refractivity contribution in [1.82, 2.24) is 10.5 Å². The Hall–Kier alpha value is -2.34. The zero-order valence-electron chi connectivity index (χ0n) is 9.14. The van der Waals surface area contributed by atoms with Gasteiger partial charge in [0.25, 0.3) is 0 Å². The Kier molecular flexibility index (Phi) is 3.59. The number of nitrogens with zero attached hydrogens (tertiary/aromatic N) is 2. The van der Waals surface area contributed by atoms with Crippen LogP contribution < -0.4 is 5.48 Å². The van der Waals surface area contributed by atoms with E-state index in [1.165, 1.54) is 18.5 Å². The van der Waals surface area contributed by atoms with Gasteiger partial charge in [0.15, 0.2) is 5.84 Å². The molecule has 2 rings (SSSR count). The minimum atomic E-state index is -0.815. The average Bonchev–Trinajstić information content (AvgIpc) is 2.38. The van der Waals surface area contributed by atoms with Crippen molar-refractivity contribution < 1.29 is 14.0 Å². The molecule has 0 saturated carbocycles. The van der Waals surface area contributed by atoms with Gasteiger partial charge in [-0.1, -0.05) is 0 Å². The first kappa shape index (κ1) is 12.1. The molecule has 0 saturated heterocycles. The molecule has 2 N–H and O–H groups in total. The Morgan fingerprint density at radius 1 is 1.17 bits per heavy atom.